The highest BCUT2D eigenvalue weighted by Crippen LogP contribution is 2.29. The maximum absolute atomic E-state index is 12.4. The molecule has 0 saturated heterocycles. The summed E-state index contributed by atoms with van der Waals surface area (Å²) in [6.07, 6.45) is 0.914. The summed E-state index contributed by atoms with van der Waals surface area (Å²) >= 11 is 1.56. The molecule has 0 saturated carbocycles. The van der Waals surface area contributed by atoms with Gasteiger partial charge in [-0.25, -0.2) is 9.97 Å². The minimum Gasteiger partial charge on any atom is -0.296 e. The van der Waals surface area contributed by atoms with Crippen molar-refractivity contribution in [3.8, 4) is 0 Å². The van der Waals surface area contributed by atoms with Crippen LogP contribution < -0.4 is 5.32 Å². The van der Waals surface area contributed by atoms with Gasteiger partial charge in [0.1, 0.15) is 5.69 Å². The number of fused-ring (bicyclic) bond motifs is 1. The molecule has 4 rings (SSSR count). The quantitative estimate of drug-likeness (QED) is 0.768. The second kappa shape index (κ2) is 7.35. The Labute approximate surface area is 156 Å². The third kappa shape index (κ3) is 3.81. The number of carbonyl (C=O) groups excluding carboxylic acids is 1. The van der Waals surface area contributed by atoms with E-state index in [-0.39, 0.29) is 5.91 Å². The van der Waals surface area contributed by atoms with E-state index in [1.807, 2.05) is 25.1 Å². The summed E-state index contributed by atoms with van der Waals surface area (Å²) in [5.74, 6) is -0.207. The van der Waals surface area contributed by atoms with Gasteiger partial charge in [-0.3, -0.25) is 15.0 Å². The number of carbonyl (C=O) groups is 1. The van der Waals surface area contributed by atoms with Crippen LogP contribution in [0.4, 0.5) is 5.13 Å². The molecule has 26 heavy (non-hydrogen) atoms. The van der Waals surface area contributed by atoms with Crippen molar-refractivity contribution in [2.24, 2.45) is 0 Å². The largest absolute Gasteiger partial charge is 0.296 e. The molecule has 132 valence electrons. The monoisotopic (exact) mass is 364 g/mol. The Hall–Kier alpha value is -2.57. The summed E-state index contributed by atoms with van der Waals surface area (Å²) in [6.45, 7) is 4.67. The Morgan fingerprint density at radius 1 is 1.15 bits per heavy atom. The third-order valence-corrected chi connectivity index (χ3v) is 5.40. The first kappa shape index (κ1) is 16.9. The number of nitrogens with one attached hydrogen (secondary N) is 1. The molecule has 1 aliphatic rings. The Morgan fingerprint density at radius 3 is 2.81 bits per heavy atom. The van der Waals surface area contributed by atoms with Crippen molar-refractivity contribution >= 4 is 22.4 Å². The molecule has 1 amide bonds. The molecule has 3 aromatic rings. The molecule has 0 bridgehead atoms. The van der Waals surface area contributed by atoms with Crippen LogP contribution in [-0.2, 0) is 19.5 Å². The number of pyridine rings is 1. The second-order valence-electron chi connectivity index (χ2n) is 6.45. The summed E-state index contributed by atoms with van der Waals surface area (Å²) in [4.78, 5) is 24.9. The molecule has 5 nitrogen and oxygen atoms in total. The lowest BCUT2D eigenvalue weighted by Crippen LogP contribution is -2.29. The van der Waals surface area contributed by atoms with Gasteiger partial charge in [0.2, 0.25) is 0 Å². The maximum Gasteiger partial charge on any atom is 0.276 e. The summed E-state index contributed by atoms with van der Waals surface area (Å²) in [6, 6.07) is 15.9. The number of hydrogen-bond donors (Lipinski definition) is 1. The van der Waals surface area contributed by atoms with Crippen LogP contribution in [0.15, 0.2) is 48.5 Å². The zero-order chi connectivity index (χ0) is 17.9. The minimum atomic E-state index is -0.207. The van der Waals surface area contributed by atoms with Crippen LogP contribution in [0.3, 0.4) is 0 Å². The van der Waals surface area contributed by atoms with Crippen molar-refractivity contribution in [3.63, 3.8) is 0 Å². The van der Waals surface area contributed by atoms with Crippen LogP contribution in [0, 0.1) is 6.92 Å². The number of nitrogens with zero attached hydrogens (tertiary/aromatic N) is 3. The van der Waals surface area contributed by atoms with Gasteiger partial charge in [0.15, 0.2) is 5.13 Å². The summed E-state index contributed by atoms with van der Waals surface area (Å²) in [7, 11) is 0. The molecule has 0 atom stereocenters. The first-order valence-electron chi connectivity index (χ1n) is 8.67. The zero-order valence-electron chi connectivity index (χ0n) is 14.6. The molecule has 2 aromatic heterocycles. The van der Waals surface area contributed by atoms with Crippen LogP contribution in [0.2, 0.25) is 0 Å². The maximum atomic E-state index is 12.4. The standard InChI is InChI=1S/C20H20N4OS/c1-14-6-5-9-17(21-14)19(25)23-20-22-16-10-11-24(13-18(16)26-20)12-15-7-3-2-4-8-15/h2-9H,10-13H2,1H3,(H,22,23,25). The van der Waals surface area contributed by atoms with E-state index >= 15 is 0 Å². The molecule has 0 fully saturated rings. The van der Waals surface area contributed by atoms with Crippen molar-refractivity contribution in [3.05, 3.63) is 76.1 Å². The van der Waals surface area contributed by atoms with Crippen molar-refractivity contribution in [2.45, 2.75) is 26.4 Å². The number of rotatable bonds is 4. The summed E-state index contributed by atoms with van der Waals surface area (Å²) in [5, 5.41) is 3.55. The van der Waals surface area contributed by atoms with Crippen LogP contribution >= 0.6 is 11.3 Å². The van der Waals surface area contributed by atoms with Gasteiger partial charge < -0.3 is 0 Å². The molecular formula is C20H20N4OS. The number of benzene rings is 1. The van der Waals surface area contributed by atoms with E-state index in [2.05, 4.69) is 44.5 Å². The highest BCUT2D eigenvalue weighted by molar-refractivity contribution is 7.15. The van der Waals surface area contributed by atoms with Crippen molar-refractivity contribution in [1.29, 1.82) is 0 Å². The predicted molar refractivity (Wildman–Crippen MR) is 103 cm³/mol. The van der Waals surface area contributed by atoms with Gasteiger partial charge >= 0.3 is 0 Å². The molecule has 1 N–H and O–H groups in total. The van der Waals surface area contributed by atoms with Crippen molar-refractivity contribution in [2.75, 3.05) is 11.9 Å². The van der Waals surface area contributed by atoms with E-state index in [1.165, 1.54) is 10.4 Å². The Bertz CT molecular complexity index is 923. The molecule has 0 unspecified atom stereocenters. The molecule has 1 aromatic carbocycles. The van der Waals surface area contributed by atoms with Crippen LogP contribution in [0.25, 0.3) is 0 Å². The number of thiazole rings is 1. The SMILES string of the molecule is Cc1cccc(C(=O)Nc2nc3c(s2)CN(Cc2ccccc2)CC3)n1. The van der Waals surface area contributed by atoms with Crippen molar-refractivity contribution < 1.29 is 4.79 Å². The third-order valence-electron chi connectivity index (χ3n) is 4.40. The predicted octanol–water partition coefficient (Wildman–Crippen LogP) is 3.66. The first-order valence-corrected chi connectivity index (χ1v) is 9.49. The first-order chi connectivity index (χ1) is 12.7. The number of aromatic nitrogens is 2. The summed E-state index contributed by atoms with van der Waals surface area (Å²) < 4.78 is 0. The second-order valence-corrected chi connectivity index (χ2v) is 7.54. The molecule has 0 aliphatic carbocycles. The Kier molecular flexibility index (Phi) is 4.77. The van der Waals surface area contributed by atoms with E-state index in [1.54, 1.807) is 17.4 Å². The lowest BCUT2D eigenvalue weighted by molar-refractivity contribution is 0.102. The Morgan fingerprint density at radius 2 is 2.00 bits per heavy atom. The zero-order valence-corrected chi connectivity index (χ0v) is 15.4. The average molecular weight is 364 g/mol. The van der Waals surface area contributed by atoms with Crippen LogP contribution in [0.1, 0.15) is 32.3 Å². The lowest BCUT2D eigenvalue weighted by Gasteiger charge is -2.25. The average Bonchev–Trinajstić information content (AvgIpc) is 3.04. The molecule has 6 heteroatoms. The van der Waals surface area contributed by atoms with Crippen LogP contribution in [0.5, 0.6) is 0 Å². The van der Waals surface area contributed by atoms with E-state index < -0.39 is 0 Å². The molecule has 1 aliphatic heterocycles. The number of aryl methyl sites for hydroxylation is 1. The number of hydrogen-bond acceptors (Lipinski definition) is 5. The van der Waals surface area contributed by atoms with Crippen molar-refractivity contribution in [1.82, 2.24) is 14.9 Å². The molecule has 3 heterocycles. The van der Waals surface area contributed by atoms with Gasteiger partial charge in [0, 0.05) is 36.6 Å². The fourth-order valence-corrected chi connectivity index (χ4v) is 4.15. The lowest BCUT2D eigenvalue weighted by atomic mass is 10.1. The van der Waals surface area contributed by atoms with E-state index in [4.69, 9.17) is 0 Å². The highest BCUT2D eigenvalue weighted by atomic mass is 32.1. The Balaban J connectivity index is 1.43. The van der Waals surface area contributed by atoms with Gasteiger partial charge in [-0.1, -0.05) is 36.4 Å². The van der Waals surface area contributed by atoms with Crippen LogP contribution in [-0.4, -0.2) is 27.3 Å². The smallest absolute Gasteiger partial charge is 0.276 e. The fourth-order valence-electron chi connectivity index (χ4n) is 3.11. The topological polar surface area (TPSA) is 58.1 Å². The van der Waals surface area contributed by atoms with Gasteiger partial charge in [-0.2, -0.15) is 0 Å². The minimum absolute atomic E-state index is 0.207. The van der Waals surface area contributed by atoms with Gasteiger partial charge in [-0.05, 0) is 24.6 Å². The highest BCUT2D eigenvalue weighted by Gasteiger charge is 2.21. The van der Waals surface area contributed by atoms with Gasteiger partial charge in [0.25, 0.3) is 5.91 Å². The molecule has 0 radical (unpaired) electrons. The molecule has 0 spiro atoms. The van der Waals surface area contributed by atoms with E-state index in [9.17, 15) is 4.79 Å². The number of amides is 1. The number of anilines is 1. The normalized spacial score (nSPS) is 14.0. The van der Waals surface area contributed by atoms with Gasteiger partial charge in [-0.15, -0.1) is 11.3 Å². The van der Waals surface area contributed by atoms with Gasteiger partial charge in [0.05, 0.1) is 5.69 Å². The van der Waals surface area contributed by atoms with E-state index in [0.717, 1.165) is 37.4 Å². The molecular weight excluding hydrogens is 344 g/mol. The summed E-state index contributed by atoms with van der Waals surface area (Å²) in [5.41, 5.74) is 3.67. The van der Waals surface area contributed by atoms with E-state index in [0.29, 0.717) is 10.8 Å². The fraction of sp³-hybridized carbons (Fsp3) is 0.250.